The van der Waals surface area contributed by atoms with Crippen molar-refractivity contribution in [1.82, 2.24) is 4.90 Å². The van der Waals surface area contributed by atoms with Gasteiger partial charge >= 0.3 is 12.6 Å². The Balaban J connectivity index is 2.07. The smallest absolute Gasteiger partial charge is 0.387 e. The van der Waals surface area contributed by atoms with Gasteiger partial charge in [-0.05, 0) is 31.4 Å². The van der Waals surface area contributed by atoms with Gasteiger partial charge in [-0.2, -0.15) is 8.78 Å². The molecule has 0 bridgehead atoms. The number of nitrogens with one attached hydrogen (secondary N) is 1. The van der Waals surface area contributed by atoms with Gasteiger partial charge in [0.1, 0.15) is 5.75 Å². The second-order valence-corrected chi connectivity index (χ2v) is 4.96. The summed E-state index contributed by atoms with van der Waals surface area (Å²) in [7, 11) is 0. The molecule has 1 aromatic carbocycles. The zero-order valence-corrected chi connectivity index (χ0v) is 11.7. The Bertz CT molecular complexity index is 511. The summed E-state index contributed by atoms with van der Waals surface area (Å²) in [6.45, 7) is -0.775. The van der Waals surface area contributed by atoms with Gasteiger partial charge in [0, 0.05) is 18.3 Å². The number of aliphatic hydroxyl groups excluding tert-OH is 1. The second kappa shape index (κ2) is 6.71. The van der Waals surface area contributed by atoms with E-state index in [0.29, 0.717) is 17.8 Å². The molecule has 1 aliphatic rings. The molecule has 1 aliphatic heterocycles. The first-order valence-corrected chi connectivity index (χ1v) is 6.75. The van der Waals surface area contributed by atoms with Crippen molar-refractivity contribution in [3.63, 3.8) is 0 Å². The van der Waals surface area contributed by atoms with Crippen LogP contribution in [0.1, 0.15) is 18.4 Å². The molecular formula is C14H18F2N2O3. The minimum absolute atomic E-state index is 0.0305. The van der Waals surface area contributed by atoms with Crippen LogP contribution in [0.4, 0.5) is 19.3 Å². The minimum atomic E-state index is -2.91. The summed E-state index contributed by atoms with van der Waals surface area (Å²) in [5.74, 6) is 0.0305. The Labute approximate surface area is 121 Å². The molecule has 2 rings (SSSR count). The highest BCUT2D eigenvalue weighted by Gasteiger charge is 2.28. The molecule has 0 aromatic heterocycles. The molecule has 5 nitrogen and oxygen atoms in total. The largest absolute Gasteiger partial charge is 0.434 e. The number of hydrogen-bond donors (Lipinski definition) is 2. The van der Waals surface area contributed by atoms with Crippen LogP contribution in [0.15, 0.2) is 18.2 Å². The van der Waals surface area contributed by atoms with E-state index in [9.17, 15) is 18.7 Å². The Kier molecular flexibility index (Phi) is 4.95. The fourth-order valence-corrected chi connectivity index (χ4v) is 2.39. The lowest BCUT2D eigenvalue weighted by molar-refractivity contribution is -0.0502. The van der Waals surface area contributed by atoms with Crippen LogP contribution in [-0.2, 0) is 0 Å². The van der Waals surface area contributed by atoms with Crippen LogP contribution in [0.5, 0.6) is 5.75 Å². The Hall–Kier alpha value is -1.89. The number of alkyl halides is 2. The molecule has 0 radical (unpaired) electrons. The molecule has 0 unspecified atom stereocenters. The Morgan fingerprint density at radius 1 is 1.57 bits per heavy atom. The van der Waals surface area contributed by atoms with E-state index < -0.39 is 6.61 Å². The molecule has 1 saturated heterocycles. The van der Waals surface area contributed by atoms with Crippen molar-refractivity contribution < 1.29 is 23.4 Å². The topological polar surface area (TPSA) is 61.8 Å². The molecule has 1 atom stereocenters. The van der Waals surface area contributed by atoms with Gasteiger partial charge in [-0.1, -0.05) is 6.07 Å². The number of anilines is 1. The molecule has 1 aromatic rings. The van der Waals surface area contributed by atoms with E-state index in [1.165, 1.54) is 6.07 Å². The van der Waals surface area contributed by atoms with Crippen molar-refractivity contribution in [2.75, 3.05) is 18.5 Å². The Morgan fingerprint density at radius 2 is 2.33 bits per heavy atom. The normalized spacial score (nSPS) is 18.1. The van der Waals surface area contributed by atoms with Crippen molar-refractivity contribution in [3.05, 3.63) is 23.8 Å². The monoisotopic (exact) mass is 300 g/mol. The average molecular weight is 300 g/mol. The van der Waals surface area contributed by atoms with Gasteiger partial charge in [0.2, 0.25) is 0 Å². The summed E-state index contributed by atoms with van der Waals surface area (Å²) in [5.41, 5.74) is 0.938. The molecule has 116 valence electrons. The van der Waals surface area contributed by atoms with Crippen LogP contribution in [0.25, 0.3) is 0 Å². The second-order valence-electron chi connectivity index (χ2n) is 4.96. The van der Waals surface area contributed by atoms with Crippen LogP contribution in [0, 0.1) is 6.92 Å². The van der Waals surface area contributed by atoms with E-state index in [1.807, 2.05) is 0 Å². The molecule has 0 spiro atoms. The highest BCUT2D eigenvalue weighted by Crippen LogP contribution is 2.25. The van der Waals surface area contributed by atoms with Crippen molar-refractivity contribution in [1.29, 1.82) is 0 Å². The van der Waals surface area contributed by atoms with Gasteiger partial charge in [-0.3, -0.25) is 0 Å². The van der Waals surface area contributed by atoms with Crippen LogP contribution in [-0.4, -0.2) is 41.8 Å². The lowest BCUT2D eigenvalue weighted by Crippen LogP contribution is -2.40. The summed E-state index contributed by atoms with van der Waals surface area (Å²) in [5, 5.41) is 11.8. The standard InChI is InChI=1S/C14H18F2N2O3/c1-9-4-5-10(7-12(9)21-13(15)16)17-14(20)18-6-2-3-11(18)8-19/h4-5,7,11,13,19H,2-3,6,8H2,1H3,(H,17,20)/t11-/m0/s1. The highest BCUT2D eigenvalue weighted by molar-refractivity contribution is 5.90. The first-order chi connectivity index (χ1) is 10.0. The number of rotatable bonds is 4. The number of aliphatic hydroxyl groups is 1. The summed E-state index contributed by atoms with van der Waals surface area (Å²) >= 11 is 0. The number of carbonyl (C=O) groups excluding carboxylic acids is 1. The van der Waals surface area contributed by atoms with Gasteiger partial charge in [0.15, 0.2) is 0 Å². The maximum absolute atomic E-state index is 12.3. The van der Waals surface area contributed by atoms with Crippen molar-refractivity contribution in [2.45, 2.75) is 32.4 Å². The third-order valence-corrected chi connectivity index (χ3v) is 3.50. The number of benzene rings is 1. The summed E-state index contributed by atoms with van der Waals surface area (Å²) in [6.07, 6.45) is 1.60. The van der Waals surface area contributed by atoms with Crippen molar-refractivity contribution in [2.24, 2.45) is 0 Å². The number of nitrogens with zero attached hydrogens (tertiary/aromatic N) is 1. The lowest BCUT2D eigenvalue weighted by Gasteiger charge is -2.23. The molecular weight excluding hydrogens is 282 g/mol. The fourth-order valence-electron chi connectivity index (χ4n) is 2.39. The minimum Gasteiger partial charge on any atom is -0.434 e. The maximum atomic E-state index is 12.3. The lowest BCUT2D eigenvalue weighted by atomic mass is 10.2. The van der Waals surface area contributed by atoms with Gasteiger partial charge in [0.25, 0.3) is 0 Å². The van der Waals surface area contributed by atoms with Gasteiger partial charge in [-0.15, -0.1) is 0 Å². The number of urea groups is 1. The average Bonchev–Trinajstić information content (AvgIpc) is 2.90. The van der Waals surface area contributed by atoms with Gasteiger partial charge in [-0.25, -0.2) is 4.79 Å². The van der Waals surface area contributed by atoms with Gasteiger partial charge < -0.3 is 20.1 Å². The number of halogens is 2. The van der Waals surface area contributed by atoms with E-state index in [2.05, 4.69) is 10.1 Å². The highest BCUT2D eigenvalue weighted by atomic mass is 19.3. The fraction of sp³-hybridized carbons (Fsp3) is 0.500. The van der Waals surface area contributed by atoms with Crippen LogP contribution < -0.4 is 10.1 Å². The molecule has 0 saturated carbocycles. The van der Waals surface area contributed by atoms with E-state index in [1.54, 1.807) is 24.0 Å². The molecule has 2 N–H and O–H groups in total. The summed E-state index contributed by atoms with van der Waals surface area (Å²) < 4.78 is 29.0. The number of carbonyl (C=O) groups is 1. The predicted molar refractivity (Wildman–Crippen MR) is 73.6 cm³/mol. The van der Waals surface area contributed by atoms with Gasteiger partial charge in [0.05, 0.1) is 12.6 Å². The quantitative estimate of drug-likeness (QED) is 0.898. The zero-order valence-electron chi connectivity index (χ0n) is 11.7. The third kappa shape index (κ3) is 3.81. The SMILES string of the molecule is Cc1ccc(NC(=O)N2CCC[C@H]2CO)cc1OC(F)F. The van der Waals surface area contributed by atoms with Crippen LogP contribution in [0.2, 0.25) is 0 Å². The maximum Gasteiger partial charge on any atom is 0.387 e. The number of hydrogen-bond acceptors (Lipinski definition) is 3. The molecule has 1 fully saturated rings. The first kappa shape index (κ1) is 15.5. The number of amides is 2. The first-order valence-electron chi connectivity index (χ1n) is 6.75. The number of aryl methyl sites for hydroxylation is 1. The molecule has 7 heteroatoms. The number of ether oxygens (including phenoxy) is 1. The van der Waals surface area contributed by atoms with E-state index in [4.69, 9.17) is 0 Å². The summed E-state index contributed by atoms with van der Waals surface area (Å²) in [4.78, 5) is 13.7. The number of likely N-dealkylation sites (tertiary alicyclic amines) is 1. The van der Waals surface area contributed by atoms with E-state index in [-0.39, 0.29) is 24.4 Å². The van der Waals surface area contributed by atoms with Crippen molar-refractivity contribution >= 4 is 11.7 Å². The van der Waals surface area contributed by atoms with Crippen LogP contribution >= 0.6 is 0 Å². The van der Waals surface area contributed by atoms with Crippen molar-refractivity contribution in [3.8, 4) is 5.75 Å². The summed E-state index contributed by atoms with van der Waals surface area (Å²) in [6, 6.07) is 4.05. The molecule has 0 aliphatic carbocycles. The molecule has 21 heavy (non-hydrogen) atoms. The van der Waals surface area contributed by atoms with E-state index >= 15 is 0 Å². The Morgan fingerprint density at radius 3 is 3.00 bits per heavy atom. The molecule has 2 amide bonds. The zero-order chi connectivity index (χ0) is 15.4. The molecule has 1 heterocycles. The van der Waals surface area contributed by atoms with E-state index in [0.717, 1.165) is 12.8 Å². The third-order valence-electron chi connectivity index (χ3n) is 3.50. The predicted octanol–water partition coefficient (Wildman–Crippen LogP) is 2.59. The van der Waals surface area contributed by atoms with Crippen LogP contribution in [0.3, 0.4) is 0 Å².